The van der Waals surface area contributed by atoms with Crippen LogP contribution in [0.25, 0.3) is 21.3 Å². The molecule has 1 N–H and O–H groups in total. The quantitative estimate of drug-likeness (QED) is 0.478. The molecule has 0 saturated carbocycles. The smallest absolute Gasteiger partial charge is 0.263 e. The van der Waals surface area contributed by atoms with Gasteiger partial charge in [0, 0.05) is 10.4 Å². The third-order valence-electron chi connectivity index (χ3n) is 4.77. The number of carbonyl (C=O) groups excluding carboxylic acids is 1. The number of ether oxygens (including phenoxy) is 1. The van der Waals surface area contributed by atoms with E-state index in [0.29, 0.717) is 16.8 Å². The molecule has 0 bridgehead atoms. The fraction of sp³-hybridized carbons (Fsp3) is 0.174. The van der Waals surface area contributed by atoms with Crippen LogP contribution in [0.1, 0.15) is 11.8 Å². The summed E-state index contributed by atoms with van der Waals surface area (Å²) in [6, 6.07) is 13.4. The van der Waals surface area contributed by atoms with Gasteiger partial charge < -0.3 is 10.1 Å². The number of fused-ring (bicyclic) bond motifs is 1. The van der Waals surface area contributed by atoms with Crippen molar-refractivity contribution in [2.75, 3.05) is 11.9 Å². The summed E-state index contributed by atoms with van der Waals surface area (Å²) in [6.45, 7) is 4.16. The van der Waals surface area contributed by atoms with Crippen LogP contribution in [0.2, 0.25) is 0 Å². The van der Waals surface area contributed by atoms with E-state index in [2.05, 4.69) is 10.3 Å². The zero-order valence-corrected chi connectivity index (χ0v) is 17.8. The minimum Gasteiger partial charge on any atom is -0.494 e. The molecule has 2 aromatic carbocycles. The van der Waals surface area contributed by atoms with Crippen molar-refractivity contribution in [3.05, 3.63) is 75.9 Å². The second kappa shape index (κ2) is 8.69. The van der Waals surface area contributed by atoms with E-state index in [1.807, 2.05) is 38.1 Å². The Morgan fingerprint density at radius 2 is 1.94 bits per heavy atom. The summed E-state index contributed by atoms with van der Waals surface area (Å²) >= 11 is 1.43. The van der Waals surface area contributed by atoms with Crippen LogP contribution in [-0.2, 0) is 11.3 Å². The van der Waals surface area contributed by atoms with E-state index in [1.165, 1.54) is 40.4 Å². The SMILES string of the molecule is CCOc1ccc(-c2c(C)sc3ncn(CC(=O)Nc4ccccc4F)c(=O)c23)cc1. The Hall–Kier alpha value is -3.52. The van der Waals surface area contributed by atoms with E-state index in [1.54, 1.807) is 6.07 Å². The maximum Gasteiger partial charge on any atom is 0.263 e. The molecule has 4 rings (SSSR count). The lowest BCUT2D eigenvalue weighted by Gasteiger charge is -2.09. The molecule has 2 heterocycles. The van der Waals surface area contributed by atoms with Gasteiger partial charge in [-0.15, -0.1) is 11.3 Å². The predicted molar refractivity (Wildman–Crippen MR) is 120 cm³/mol. The Morgan fingerprint density at radius 3 is 2.65 bits per heavy atom. The van der Waals surface area contributed by atoms with Crippen LogP contribution in [0.5, 0.6) is 5.75 Å². The molecule has 0 fully saturated rings. The number of nitrogens with one attached hydrogen (secondary N) is 1. The number of amides is 1. The van der Waals surface area contributed by atoms with Crippen molar-refractivity contribution in [1.82, 2.24) is 9.55 Å². The molecule has 0 unspecified atom stereocenters. The molecule has 0 saturated heterocycles. The lowest BCUT2D eigenvalue weighted by atomic mass is 10.0. The lowest BCUT2D eigenvalue weighted by Crippen LogP contribution is -2.28. The Bertz CT molecular complexity index is 1310. The molecule has 158 valence electrons. The molecule has 0 aliphatic rings. The number of hydrogen-bond acceptors (Lipinski definition) is 5. The number of hydrogen-bond donors (Lipinski definition) is 1. The number of benzene rings is 2. The second-order valence-electron chi connectivity index (χ2n) is 6.88. The van der Waals surface area contributed by atoms with Crippen LogP contribution in [-0.4, -0.2) is 22.1 Å². The number of carbonyl (C=O) groups is 1. The summed E-state index contributed by atoms with van der Waals surface area (Å²) < 4.78 is 20.5. The van der Waals surface area contributed by atoms with E-state index >= 15 is 0 Å². The molecule has 0 aliphatic heterocycles. The molecule has 0 spiro atoms. The van der Waals surface area contributed by atoms with Gasteiger partial charge in [-0.25, -0.2) is 9.37 Å². The van der Waals surface area contributed by atoms with Crippen LogP contribution >= 0.6 is 11.3 Å². The van der Waals surface area contributed by atoms with Gasteiger partial charge >= 0.3 is 0 Å². The summed E-state index contributed by atoms with van der Waals surface area (Å²) in [4.78, 5) is 31.6. The standard InChI is InChI=1S/C23H20FN3O3S/c1-3-30-16-10-8-15(9-11-16)20-14(2)31-22-21(20)23(29)27(13-25-22)12-19(28)26-18-7-5-4-6-17(18)24/h4-11,13H,3,12H2,1-2H3,(H,26,28). The highest BCUT2D eigenvalue weighted by atomic mass is 32.1. The molecule has 4 aromatic rings. The molecule has 8 heteroatoms. The number of thiophene rings is 1. The maximum atomic E-state index is 13.8. The molecular weight excluding hydrogens is 417 g/mol. The summed E-state index contributed by atoms with van der Waals surface area (Å²) in [5.74, 6) is -0.297. The number of aryl methyl sites for hydroxylation is 1. The van der Waals surface area contributed by atoms with Gasteiger partial charge in [0.15, 0.2) is 0 Å². The topological polar surface area (TPSA) is 73.2 Å². The highest BCUT2D eigenvalue weighted by molar-refractivity contribution is 7.19. The molecule has 0 aliphatic carbocycles. The first-order valence-corrected chi connectivity index (χ1v) is 10.6. The van der Waals surface area contributed by atoms with Crippen LogP contribution in [0.4, 0.5) is 10.1 Å². The minimum atomic E-state index is -0.539. The maximum absolute atomic E-state index is 13.8. The van der Waals surface area contributed by atoms with Gasteiger partial charge in [0.25, 0.3) is 5.56 Å². The van der Waals surface area contributed by atoms with Crippen LogP contribution < -0.4 is 15.6 Å². The van der Waals surface area contributed by atoms with Gasteiger partial charge in [-0.3, -0.25) is 14.2 Å². The first-order chi connectivity index (χ1) is 15.0. The van der Waals surface area contributed by atoms with Gasteiger partial charge in [0.05, 0.1) is 24.0 Å². The van der Waals surface area contributed by atoms with E-state index in [0.717, 1.165) is 21.8 Å². The van der Waals surface area contributed by atoms with Gasteiger partial charge in [-0.1, -0.05) is 24.3 Å². The van der Waals surface area contributed by atoms with Gasteiger partial charge in [-0.2, -0.15) is 0 Å². The largest absolute Gasteiger partial charge is 0.494 e. The molecule has 6 nitrogen and oxygen atoms in total. The van der Waals surface area contributed by atoms with Crippen molar-refractivity contribution in [3.8, 4) is 16.9 Å². The first kappa shape index (κ1) is 20.7. The molecular formula is C23H20FN3O3S. The highest BCUT2D eigenvalue weighted by Crippen LogP contribution is 2.36. The van der Waals surface area contributed by atoms with Gasteiger partial charge in [0.2, 0.25) is 5.91 Å². The van der Waals surface area contributed by atoms with Crippen LogP contribution in [0, 0.1) is 12.7 Å². The minimum absolute atomic E-state index is 0.0658. The van der Waals surface area contributed by atoms with E-state index in [-0.39, 0.29) is 17.8 Å². The van der Waals surface area contributed by atoms with Crippen molar-refractivity contribution < 1.29 is 13.9 Å². The fourth-order valence-corrected chi connectivity index (χ4v) is 4.39. The van der Waals surface area contributed by atoms with Gasteiger partial charge in [0.1, 0.15) is 22.9 Å². The third-order valence-corrected chi connectivity index (χ3v) is 5.78. The molecule has 0 radical (unpaired) electrons. The van der Waals surface area contributed by atoms with Crippen molar-refractivity contribution >= 4 is 33.1 Å². The highest BCUT2D eigenvalue weighted by Gasteiger charge is 2.18. The van der Waals surface area contributed by atoms with E-state index in [9.17, 15) is 14.0 Å². The lowest BCUT2D eigenvalue weighted by molar-refractivity contribution is -0.116. The van der Waals surface area contributed by atoms with Crippen LogP contribution in [0.15, 0.2) is 59.7 Å². The first-order valence-electron chi connectivity index (χ1n) is 9.74. The predicted octanol–water partition coefficient (Wildman–Crippen LogP) is 4.61. The Kier molecular flexibility index (Phi) is 5.81. The van der Waals surface area contributed by atoms with Crippen LogP contribution in [0.3, 0.4) is 0 Å². The fourth-order valence-electron chi connectivity index (χ4n) is 3.39. The number of nitrogens with zero attached hydrogens (tertiary/aromatic N) is 2. The number of para-hydroxylation sites is 1. The molecule has 2 aromatic heterocycles. The monoisotopic (exact) mass is 437 g/mol. The van der Waals surface area contributed by atoms with E-state index in [4.69, 9.17) is 4.74 Å². The summed E-state index contributed by atoms with van der Waals surface area (Å²) in [6.07, 6.45) is 1.35. The number of rotatable bonds is 6. The van der Waals surface area contributed by atoms with Crippen molar-refractivity contribution in [2.24, 2.45) is 0 Å². The Morgan fingerprint density at radius 1 is 1.19 bits per heavy atom. The van der Waals surface area contributed by atoms with Crippen molar-refractivity contribution in [1.29, 1.82) is 0 Å². The molecule has 31 heavy (non-hydrogen) atoms. The number of aromatic nitrogens is 2. The van der Waals surface area contributed by atoms with E-state index < -0.39 is 11.7 Å². The number of anilines is 1. The van der Waals surface area contributed by atoms with Crippen molar-refractivity contribution in [3.63, 3.8) is 0 Å². The number of halogens is 1. The van der Waals surface area contributed by atoms with Crippen molar-refractivity contribution in [2.45, 2.75) is 20.4 Å². The molecule has 0 atom stereocenters. The second-order valence-corrected chi connectivity index (χ2v) is 8.08. The average molecular weight is 437 g/mol. The molecule has 1 amide bonds. The summed E-state index contributed by atoms with van der Waals surface area (Å²) in [5.41, 5.74) is 1.42. The normalized spacial score (nSPS) is 10.9. The Labute approximate surface area is 181 Å². The summed E-state index contributed by atoms with van der Waals surface area (Å²) in [7, 11) is 0. The summed E-state index contributed by atoms with van der Waals surface area (Å²) in [5, 5.41) is 2.96. The zero-order valence-electron chi connectivity index (χ0n) is 17.0. The third kappa shape index (κ3) is 4.20. The zero-order chi connectivity index (χ0) is 22.0. The van der Waals surface area contributed by atoms with Gasteiger partial charge in [-0.05, 0) is 43.7 Å². The average Bonchev–Trinajstić information content (AvgIpc) is 3.09. The Balaban J connectivity index is 1.68.